The largest absolute Gasteiger partial charge is 1.00 e. The standard InChI is InChI=1S/C9H11NO4.Na/c1-4-6(5(2)11)9(13)14-7(4)8(12)10-3;/h13H,1-3H3,(H,10,12);/q;+1/p-1. The molecule has 0 aliphatic rings. The van der Waals surface area contributed by atoms with Crippen LogP contribution in [0.15, 0.2) is 4.42 Å². The van der Waals surface area contributed by atoms with Gasteiger partial charge in [0.05, 0.1) is 11.7 Å². The number of amides is 1. The number of nitrogens with one attached hydrogen (secondary N) is 1. The molecule has 5 nitrogen and oxygen atoms in total. The van der Waals surface area contributed by atoms with Crippen molar-refractivity contribution in [2.45, 2.75) is 13.8 Å². The van der Waals surface area contributed by atoms with Gasteiger partial charge in [-0.05, 0) is 19.4 Å². The fourth-order valence-corrected chi connectivity index (χ4v) is 1.22. The number of rotatable bonds is 2. The van der Waals surface area contributed by atoms with E-state index in [0.29, 0.717) is 5.56 Å². The van der Waals surface area contributed by atoms with E-state index < -0.39 is 17.6 Å². The Kier molecular flexibility index (Phi) is 5.07. The van der Waals surface area contributed by atoms with Crippen LogP contribution < -0.4 is 40.0 Å². The van der Waals surface area contributed by atoms with Crippen molar-refractivity contribution in [2.75, 3.05) is 7.05 Å². The fraction of sp³-hybridized carbons (Fsp3) is 0.333. The van der Waals surface area contributed by atoms with Gasteiger partial charge in [0.2, 0.25) is 0 Å². The van der Waals surface area contributed by atoms with Crippen LogP contribution in [0.1, 0.15) is 33.4 Å². The number of hydrogen-bond acceptors (Lipinski definition) is 4. The second-order valence-corrected chi connectivity index (χ2v) is 2.85. The van der Waals surface area contributed by atoms with Gasteiger partial charge < -0.3 is 14.8 Å². The molecule has 0 aliphatic heterocycles. The van der Waals surface area contributed by atoms with E-state index in [-0.39, 0.29) is 40.9 Å². The molecule has 6 heteroatoms. The summed E-state index contributed by atoms with van der Waals surface area (Å²) in [5.41, 5.74) is 0.241. The molecule has 1 amide bonds. The molecular weight excluding hydrogens is 209 g/mol. The van der Waals surface area contributed by atoms with Crippen LogP contribution in [-0.4, -0.2) is 18.7 Å². The molecular formula is C9H10NNaO4. The molecule has 0 saturated carbocycles. The van der Waals surface area contributed by atoms with E-state index in [4.69, 9.17) is 0 Å². The molecule has 1 heterocycles. The quantitative estimate of drug-likeness (QED) is 0.431. The van der Waals surface area contributed by atoms with Gasteiger partial charge in [-0.25, -0.2) is 0 Å². The zero-order valence-electron chi connectivity index (χ0n) is 9.13. The average molecular weight is 219 g/mol. The minimum atomic E-state index is -0.756. The van der Waals surface area contributed by atoms with Crippen LogP contribution in [0.2, 0.25) is 0 Å². The molecule has 0 radical (unpaired) electrons. The van der Waals surface area contributed by atoms with Crippen LogP contribution in [0.4, 0.5) is 0 Å². The Hall–Kier alpha value is -0.780. The van der Waals surface area contributed by atoms with Gasteiger partial charge in [0.15, 0.2) is 5.78 Å². The summed E-state index contributed by atoms with van der Waals surface area (Å²) in [5.74, 6) is -1.75. The zero-order chi connectivity index (χ0) is 10.9. The van der Waals surface area contributed by atoms with E-state index in [9.17, 15) is 14.7 Å². The minimum Gasteiger partial charge on any atom is -0.574 e. The van der Waals surface area contributed by atoms with Gasteiger partial charge >= 0.3 is 29.6 Å². The molecule has 0 unspecified atom stereocenters. The monoisotopic (exact) mass is 219 g/mol. The smallest absolute Gasteiger partial charge is 0.574 e. The molecule has 0 aliphatic carbocycles. The molecule has 76 valence electrons. The van der Waals surface area contributed by atoms with Crippen LogP contribution in [0.5, 0.6) is 5.95 Å². The third-order valence-electron chi connectivity index (χ3n) is 1.90. The minimum absolute atomic E-state index is 0. The average Bonchev–Trinajstić information content (AvgIpc) is 2.40. The molecule has 0 fully saturated rings. The summed E-state index contributed by atoms with van der Waals surface area (Å²) in [6, 6.07) is 0. The predicted octanol–water partition coefficient (Wildman–Crippen LogP) is -2.77. The van der Waals surface area contributed by atoms with Crippen LogP contribution in [0, 0.1) is 6.92 Å². The molecule has 1 rings (SSSR count). The summed E-state index contributed by atoms with van der Waals surface area (Å²) in [7, 11) is 1.42. The van der Waals surface area contributed by atoms with Gasteiger partial charge in [0.1, 0.15) is 0 Å². The van der Waals surface area contributed by atoms with E-state index in [2.05, 4.69) is 9.73 Å². The molecule has 1 aromatic rings. The summed E-state index contributed by atoms with van der Waals surface area (Å²) in [6.45, 7) is 2.76. The van der Waals surface area contributed by atoms with E-state index in [1.807, 2.05) is 0 Å². The SMILES string of the molecule is CNC(=O)c1oc([O-])c(C(C)=O)c1C.[Na+]. The van der Waals surface area contributed by atoms with Gasteiger partial charge in [0.25, 0.3) is 5.91 Å². The molecule has 0 saturated heterocycles. The number of ketones is 1. The molecule has 1 N–H and O–H groups in total. The summed E-state index contributed by atoms with van der Waals surface area (Å²) >= 11 is 0. The third-order valence-corrected chi connectivity index (χ3v) is 1.90. The Balaban J connectivity index is 0.00000196. The van der Waals surface area contributed by atoms with Gasteiger partial charge in [0, 0.05) is 12.6 Å². The van der Waals surface area contributed by atoms with E-state index in [0.717, 1.165) is 0 Å². The maximum Gasteiger partial charge on any atom is 1.00 e. The number of carbonyl (C=O) groups excluding carboxylic acids is 2. The topological polar surface area (TPSA) is 82.4 Å². The van der Waals surface area contributed by atoms with Gasteiger partial charge in [-0.15, -0.1) is 0 Å². The Morgan fingerprint density at radius 1 is 1.40 bits per heavy atom. The van der Waals surface area contributed by atoms with Crippen LogP contribution in [0.25, 0.3) is 0 Å². The van der Waals surface area contributed by atoms with Crippen molar-refractivity contribution >= 4 is 11.7 Å². The van der Waals surface area contributed by atoms with Crippen molar-refractivity contribution in [1.82, 2.24) is 5.32 Å². The number of hydrogen-bond donors (Lipinski definition) is 1. The van der Waals surface area contributed by atoms with Crippen molar-refractivity contribution in [2.24, 2.45) is 0 Å². The Bertz CT molecular complexity index is 397. The van der Waals surface area contributed by atoms with E-state index in [1.165, 1.54) is 20.9 Å². The van der Waals surface area contributed by atoms with Crippen molar-refractivity contribution in [3.05, 3.63) is 16.9 Å². The fourth-order valence-electron chi connectivity index (χ4n) is 1.22. The maximum atomic E-state index is 11.2. The summed E-state index contributed by atoms with van der Waals surface area (Å²) in [5, 5.41) is 13.5. The van der Waals surface area contributed by atoms with Crippen LogP contribution in [-0.2, 0) is 0 Å². The predicted molar refractivity (Wildman–Crippen MR) is 46.3 cm³/mol. The van der Waals surface area contributed by atoms with Crippen molar-refractivity contribution < 1.29 is 48.7 Å². The van der Waals surface area contributed by atoms with Crippen LogP contribution >= 0.6 is 0 Å². The molecule has 1 aromatic heterocycles. The molecule has 0 bridgehead atoms. The first kappa shape index (κ1) is 14.2. The number of furan rings is 1. The second-order valence-electron chi connectivity index (χ2n) is 2.85. The number of carbonyl (C=O) groups is 2. The normalized spacial score (nSPS) is 9.27. The Morgan fingerprint density at radius 2 is 1.93 bits per heavy atom. The first-order valence-corrected chi connectivity index (χ1v) is 4.02. The molecule has 15 heavy (non-hydrogen) atoms. The first-order chi connectivity index (χ1) is 6.49. The molecule has 0 spiro atoms. The van der Waals surface area contributed by atoms with Crippen molar-refractivity contribution in [1.29, 1.82) is 0 Å². The summed E-state index contributed by atoms with van der Waals surface area (Å²) in [6.07, 6.45) is 0. The third kappa shape index (κ3) is 2.62. The van der Waals surface area contributed by atoms with Gasteiger partial charge in [-0.3, -0.25) is 9.59 Å². The van der Waals surface area contributed by atoms with Crippen molar-refractivity contribution in [3.63, 3.8) is 0 Å². The van der Waals surface area contributed by atoms with Crippen LogP contribution in [0.3, 0.4) is 0 Å². The number of Topliss-reactive ketones (excluding diaryl/α,β-unsaturated/α-hetero) is 1. The van der Waals surface area contributed by atoms with Gasteiger partial charge in [-0.2, -0.15) is 0 Å². The van der Waals surface area contributed by atoms with Crippen molar-refractivity contribution in [3.8, 4) is 5.95 Å². The Morgan fingerprint density at radius 3 is 2.27 bits per heavy atom. The second kappa shape index (κ2) is 5.34. The summed E-state index contributed by atoms with van der Waals surface area (Å²) < 4.78 is 4.67. The zero-order valence-corrected chi connectivity index (χ0v) is 11.1. The van der Waals surface area contributed by atoms with E-state index >= 15 is 0 Å². The maximum absolute atomic E-state index is 11.2. The molecule has 0 atom stereocenters. The summed E-state index contributed by atoms with van der Waals surface area (Å²) in [4.78, 5) is 22.2. The Labute approximate surface area is 109 Å². The van der Waals surface area contributed by atoms with E-state index in [1.54, 1.807) is 0 Å². The molecule has 0 aromatic carbocycles. The first-order valence-electron chi connectivity index (χ1n) is 4.02. The van der Waals surface area contributed by atoms with Gasteiger partial charge in [-0.1, -0.05) is 0 Å².